The quantitative estimate of drug-likeness (QED) is 0.397. The number of aromatic nitrogens is 4. The highest BCUT2D eigenvalue weighted by atomic mass is 32.1. The molecule has 0 aliphatic heterocycles. The number of aromatic amines is 1. The zero-order chi connectivity index (χ0) is 21.1. The third-order valence-corrected chi connectivity index (χ3v) is 5.67. The van der Waals surface area contributed by atoms with Gasteiger partial charge in [-0.25, -0.2) is 0 Å². The fourth-order valence-electron chi connectivity index (χ4n) is 2.98. The molecule has 0 spiro atoms. The highest BCUT2D eigenvalue weighted by Crippen LogP contribution is 2.28. The molecule has 4 aromatic rings. The molecule has 1 aromatic carbocycles. The molecule has 1 unspecified atom stereocenters. The van der Waals surface area contributed by atoms with E-state index in [2.05, 4.69) is 20.5 Å². The van der Waals surface area contributed by atoms with Gasteiger partial charge in [-0.2, -0.15) is 5.10 Å². The van der Waals surface area contributed by atoms with Crippen molar-refractivity contribution in [1.29, 1.82) is 0 Å². The number of anilines is 1. The second kappa shape index (κ2) is 8.60. The molecule has 4 rings (SSSR count). The third-order valence-electron chi connectivity index (χ3n) is 4.52. The number of nitrogens with one attached hydrogen (secondary N) is 2. The third kappa shape index (κ3) is 4.17. The first kappa shape index (κ1) is 20.0. The first-order valence-corrected chi connectivity index (χ1v) is 10.5. The molecule has 0 radical (unpaired) electrons. The van der Waals surface area contributed by atoms with Crippen LogP contribution in [-0.4, -0.2) is 25.7 Å². The molecular formula is C21H19N5O2S2. The van der Waals surface area contributed by atoms with Crippen LogP contribution in [0.2, 0.25) is 0 Å². The van der Waals surface area contributed by atoms with Crippen LogP contribution >= 0.6 is 23.6 Å². The van der Waals surface area contributed by atoms with Crippen molar-refractivity contribution in [3.8, 4) is 22.2 Å². The van der Waals surface area contributed by atoms with Gasteiger partial charge in [0.15, 0.2) is 10.6 Å². The van der Waals surface area contributed by atoms with E-state index < -0.39 is 6.04 Å². The van der Waals surface area contributed by atoms with Gasteiger partial charge in [-0.3, -0.25) is 19.4 Å². The smallest absolute Gasteiger partial charge is 0.247 e. The minimum atomic E-state index is -0.542. The van der Waals surface area contributed by atoms with Crippen LogP contribution in [0.1, 0.15) is 18.5 Å². The summed E-state index contributed by atoms with van der Waals surface area (Å²) >= 11 is 6.90. The number of hydrogen-bond acceptors (Lipinski definition) is 6. The number of H-pyrrole nitrogens is 1. The average molecular weight is 438 g/mol. The number of amides is 1. The summed E-state index contributed by atoms with van der Waals surface area (Å²) in [6, 6.07) is 12.5. The first-order chi connectivity index (χ1) is 14.5. The number of ether oxygens (including phenoxy) is 1. The lowest BCUT2D eigenvalue weighted by molar-refractivity contribution is -0.118. The molecule has 0 fully saturated rings. The molecule has 0 aliphatic carbocycles. The van der Waals surface area contributed by atoms with Crippen LogP contribution in [-0.2, 0) is 4.79 Å². The predicted molar refractivity (Wildman–Crippen MR) is 120 cm³/mol. The second-order valence-corrected chi connectivity index (χ2v) is 7.97. The first-order valence-electron chi connectivity index (χ1n) is 9.23. The molecular weight excluding hydrogens is 418 g/mol. The monoisotopic (exact) mass is 437 g/mol. The van der Waals surface area contributed by atoms with Crippen molar-refractivity contribution in [3.63, 3.8) is 0 Å². The van der Waals surface area contributed by atoms with Gasteiger partial charge in [0.25, 0.3) is 0 Å². The lowest BCUT2D eigenvalue weighted by Gasteiger charge is -2.16. The van der Waals surface area contributed by atoms with Crippen molar-refractivity contribution in [2.45, 2.75) is 19.9 Å². The topological polar surface area (TPSA) is 84.8 Å². The Morgan fingerprint density at radius 1 is 1.30 bits per heavy atom. The van der Waals surface area contributed by atoms with Gasteiger partial charge in [0.05, 0.1) is 11.1 Å². The Labute approximate surface area is 182 Å². The zero-order valence-electron chi connectivity index (χ0n) is 16.3. The molecule has 9 heteroatoms. The van der Waals surface area contributed by atoms with Crippen LogP contribution in [0.15, 0.2) is 60.2 Å². The van der Waals surface area contributed by atoms with Crippen molar-refractivity contribution in [1.82, 2.24) is 19.7 Å². The van der Waals surface area contributed by atoms with E-state index in [1.165, 1.54) is 0 Å². The van der Waals surface area contributed by atoms with Crippen molar-refractivity contribution >= 4 is 35.1 Å². The maximum atomic E-state index is 12.9. The Morgan fingerprint density at radius 2 is 2.17 bits per heavy atom. The van der Waals surface area contributed by atoms with Crippen molar-refractivity contribution in [3.05, 3.63) is 70.6 Å². The van der Waals surface area contributed by atoms with Gasteiger partial charge in [-0.1, -0.05) is 6.07 Å². The van der Waals surface area contributed by atoms with Gasteiger partial charge in [-0.15, -0.1) is 11.3 Å². The van der Waals surface area contributed by atoms with Crippen LogP contribution in [0.4, 0.5) is 5.69 Å². The summed E-state index contributed by atoms with van der Waals surface area (Å²) in [5.74, 6) is 1.81. The number of carbonyl (C=O) groups is 1. The molecule has 0 aliphatic rings. The molecule has 1 amide bonds. The number of pyridine rings is 1. The standard InChI is InChI=1S/C21H19N5O2S2/c1-13-11-15(7-8-17(13)28-16-5-3-9-22-12-16)23-20(27)14(2)26-19(24-25-21(26)29)18-6-4-10-30-18/h3-12,14H,1-2H3,(H,23,27)(H,25,29). The van der Waals surface area contributed by atoms with E-state index >= 15 is 0 Å². The number of hydrogen-bond donors (Lipinski definition) is 2. The summed E-state index contributed by atoms with van der Waals surface area (Å²) in [7, 11) is 0. The van der Waals surface area contributed by atoms with E-state index in [-0.39, 0.29) is 5.91 Å². The fourth-order valence-corrected chi connectivity index (χ4v) is 3.98. The number of aryl methyl sites for hydroxylation is 1. The lowest BCUT2D eigenvalue weighted by Crippen LogP contribution is -2.24. The Bertz CT molecular complexity index is 1220. The SMILES string of the molecule is Cc1cc(NC(=O)C(C)n2c(-c3cccs3)n[nH]c2=S)ccc1Oc1cccnc1. The van der Waals surface area contributed by atoms with Crippen LogP contribution < -0.4 is 10.1 Å². The Kier molecular flexibility index (Phi) is 5.73. The molecule has 0 saturated heterocycles. The summed E-state index contributed by atoms with van der Waals surface area (Å²) in [4.78, 5) is 17.9. The van der Waals surface area contributed by atoms with E-state index in [1.54, 1.807) is 41.3 Å². The Balaban J connectivity index is 1.51. The summed E-state index contributed by atoms with van der Waals surface area (Å²) in [6.45, 7) is 3.72. The van der Waals surface area contributed by atoms with E-state index in [4.69, 9.17) is 17.0 Å². The van der Waals surface area contributed by atoms with Gasteiger partial charge in [0.1, 0.15) is 17.5 Å². The molecule has 0 saturated carbocycles. The van der Waals surface area contributed by atoms with Crippen LogP contribution in [0.3, 0.4) is 0 Å². The number of carbonyl (C=O) groups excluding carboxylic acids is 1. The minimum absolute atomic E-state index is 0.189. The maximum absolute atomic E-state index is 12.9. The number of thiophene rings is 1. The van der Waals surface area contributed by atoms with E-state index in [0.717, 1.165) is 10.4 Å². The largest absolute Gasteiger partial charge is 0.455 e. The predicted octanol–water partition coefficient (Wildman–Crippen LogP) is 5.36. The summed E-state index contributed by atoms with van der Waals surface area (Å²) in [5, 5.41) is 12.0. The van der Waals surface area contributed by atoms with Gasteiger partial charge < -0.3 is 10.1 Å². The van der Waals surface area contributed by atoms with E-state index in [1.807, 2.05) is 48.7 Å². The van der Waals surface area contributed by atoms with E-state index in [0.29, 0.717) is 27.8 Å². The average Bonchev–Trinajstić information content (AvgIpc) is 3.40. The molecule has 3 aromatic heterocycles. The maximum Gasteiger partial charge on any atom is 0.247 e. The van der Waals surface area contributed by atoms with Gasteiger partial charge >= 0.3 is 0 Å². The van der Waals surface area contributed by atoms with Crippen molar-refractivity contribution in [2.75, 3.05) is 5.32 Å². The molecule has 3 heterocycles. The molecule has 30 heavy (non-hydrogen) atoms. The molecule has 1 atom stereocenters. The molecule has 152 valence electrons. The van der Waals surface area contributed by atoms with Gasteiger partial charge in [-0.05, 0) is 73.4 Å². The van der Waals surface area contributed by atoms with Gasteiger partial charge in [0, 0.05) is 11.9 Å². The van der Waals surface area contributed by atoms with Crippen molar-refractivity contribution in [2.24, 2.45) is 0 Å². The minimum Gasteiger partial charge on any atom is -0.455 e. The number of rotatable bonds is 6. The summed E-state index contributed by atoms with van der Waals surface area (Å²) in [6.07, 6.45) is 3.34. The van der Waals surface area contributed by atoms with Crippen LogP contribution in [0, 0.1) is 11.7 Å². The highest BCUT2D eigenvalue weighted by Gasteiger charge is 2.21. The summed E-state index contributed by atoms with van der Waals surface area (Å²) < 4.78 is 7.97. The highest BCUT2D eigenvalue weighted by molar-refractivity contribution is 7.71. The number of nitrogens with zero attached hydrogens (tertiary/aromatic N) is 3. The Hall–Kier alpha value is -3.30. The number of benzene rings is 1. The molecule has 2 N–H and O–H groups in total. The van der Waals surface area contributed by atoms with Gasteiger partial charge in [0.2, 0.25) is 5.91 Å². The fraction of sp³-hybridized carbons (Fsp3) is 0.143. The second-order valence-electron chi connectivity index (χ2n) is 6.64. The van der Waals surface area contributed by atoms with Crippen LogP contribution in [0.25, 0.3) is 10.7 Å². The zero-order valence-corrected chi connectivity index (χ0v) is 18.0. The van der Waals surface area contributed by atoms with E-state index in [9.17, 15) is 4.79 Å². The Morgan fingerprint density at radius 3 is 2.87 bits per heavy atom. The van der Waals surface area contributed by atoms with Crippen LogP contribution in [0.5, 0.6) is 11.5 Å². The normalized spacial score (nSPS) is 11.8. The molecule has 0 bridgehead atoms. The molecule has 7 nitrogen and oxygen atoms in total. The van der Waals surface area contributed by atoms with Crippen molar-refractivity contribution < 1.29 is 9.53 Å². The summed E-state index contributed by atoms with van der Waals surface area (Å²) in [5.41, 5.74) is 1.57. The lowest BCUT2D eigenvalue weighted by atomic mass is 10.2.